The first-order valence-corrected chi connectivity index (χ1v) is 13.7. The molecular weight excluding hydrogens is 512 g/mol. The van der Waals surface area contributed by atoms with Gasteiger partial charge in [-0.15, -0.1) is 0 Å². The van der Waals surface area contributed by atoms with E-state index in [1.807, 2.05) is 6.92 Å². The summed E-state index contributed by atoms with van der Waals surface area (Å²) in [6.45, 7) is 3.00. The van der Waals surface area contributed by atoms with E-state index in [0.717, 1.165) is 46.3 Å². The van der Waals surface area contributed by atoms with E-state index in [2.05, 4.69) is 5.32 Å². The van der Waals surface area contributed by atoms with Gasteiger partial charge in [-0.25, -0.2) is 17.2 Å². The number of anilines is 1. The predicted molar refractivity (Wildman–Crippen MR) is 142 cm³/mol. The molecule has 0 unspecified atom stereocenters. The number of carbonyl (C=O) groups is 2. The Morgan fingerprint density at radius 2 is 1.55 bits per heavy atom. The largest absolute Gasteiger partial charge is 0.354 e. The van der Waals surface area contributed by atoms with Gasteiger partial charge in [-0.1, -0.05) is 49.7 Å². The van der Waals surface area contributed by atoms with Crippen molar-refractivity contribution < 1.29 is 26.8 Å². The summed E-state index contributed by atoms with van der Waals surface area (Å²) in [5, 5.41) is 2.77. The Morgan fingerprint density at radius 1 is 0.921 bits per heavy atom. The number of nitrogens with one attached hydrogen (secondary N) is 1. The second kappa shape index (κ2) is 13.1. The Labute approximate surface area is 222 Å². The van der Waals surface area contributed by atoms with Crippen molar-refractivity contribution in [3.8, 4) is 0 Å². The van der Waals surface area contributed by atoms with Gasteiger partial charge in [0.25, 0.3) is 10.0 Å². The summed E-state index contributed by atoms with van der Waals surface area (Å²) in [5.41, 5.74) is 0.387. The molecule has 202 valence electrons. The van der Waals surface area contributed by atoms with E-state index >= 15 is 0 Å². The van der Waals surface area contributed by atoms with Crippen molar-refractivity contribution in [2.24, 2.45) is 0 Å². The molecule has 0 aromatic heterocycles. The zero-order chi connectivity index (χ0) is 27.7. The fourth-order valence-electron chi connectivity index (χ4n) is 3.79. The quantitative estimate of drug-likeness (QED) is 0.341. The lowest BCUT2D eigenvalue weighted by Crippen LogP contribution is -2.51. The van der Waals surface area contributed by atoms with Gasteiger partial charge in [0, 0.05) is 18.7 Å². The highest BCUT2D eigenvalue weighted by Gasteiger charge is 2.32. The molecule has 1 atom stereocenters. The van der Waals surface area contributed by atoms with E-state index < -0.39 is 46.1 Å². The number of hydrogen-bond donors (Lipinski definition) is 1. The number of sulfonamides is 1. The Morgan fingerprint density at radius 3 is 2.18 bits per heavy atom. The van der Waals surface area contributed by atoms with Gasteiger partial charge in [0.2, 0.25) is 11.8 Å². The van der Waals surface area contributed by atoms with Gasteiger partial charge in [0.05, 0.1) is 10.6 Å². The second-order valence-corrected chi connectivity index (χ2v) is 10.6. The number of carbonyl (C=O) groups excluding carboxylic acids is 2. The molecule has 0 heterocycles. The zero-order valence-electron chi connectivity index (χ0n) is 21.3. The molecule has 0 spiro atoms. The minimum absolute atomic E-state index is 0.182. The van der Waals surface area contributed by atoms with E-state index in [9.17, 15) is 26.8 Å². The molecule has 0 saturated carbocycles. The SMILES string of the molecule is CCCCNC(=O)[C@H](C)N(Cc1ccccc1F)C(=O)CN(c1ccccc1)S(=O)(=O)c1ccc(F)cc1. The highest BCUT2D eigenvalue weighted by atomic mass is 32.2. The van der Waals surface area contributed by atoms with Gasteiger partial charge in [0.15, 0.2) is 0 Å². The van der Waals surface area contributed by atoms with Crippen LogP contribution in [0.3, 0.4) is 0 Å². The minimum Gasteiger partial charge on any atom is -0.354 e. The molecule has 10 heteroatoms. The monoisotopic (exact) mass is 543 g/mol. The first-order valence-electron chi connectivity index (χ1n) is 12.3. The molecular formula is C28H31F2N3O4S. The Hall–Kier alpha value is -3.79. The summed E-state index contributed by atoms with van der Waals surface area (Å²) in [7, 11) is -4.30. The fraction of sp³-hybridized carbons (Fsp3) is 0.286. The lowest BCUT2D eigenvalue weighted by Gasteiger charge is -2.32. The maximum atomic E-state index is 14.5. The van der Waals surface area contributed by atoms with Crippen LogP contribution in [-0.4, -0.2) is 44.3 Å². The maximum Gasteiger partial charge on any atom is 0.264 e. The van der Waals surface area contributed by atoms with Crippen molar-refractivity contribution in [2.45, 2.75) is 44.2 Å². The molecule has 3 aromatic rings. The Kier molecular flexibility index (Phi) is 9.95. The van der Waals surface area contributed by atoms with E-state index in [1.54, 1.807) is 24.3 Å². The van der Waals surface area contributed by atoms with Crippen LogP contribution in [0.25, 0.3) is 0 Å². The Bertz CT molecular complexity index is 1340. The molecule has 1 N–H and O–H groups in total. The third kappa shape index (κ3) is 7.16. The van der Waals surface area contributed by atoms with Crippen molar-refractivity contribution in [1.82, 2.24) is 10.2 Å². The molecule has 38 heavy (non-hydrogen) atoms. The Balaban J connectivity index is 1.98. The van der Waals surface area contributed by atoms with Gasteiger partial charge in [-0.2, -0.15) is 0 Å². The van der Waals surface area contributed by atoms with Gasteiger partial charge >= 0.3 is 0 Å². The summed E-state index contributed by atoms with van der Waals surface area (Å²) in [5.74, 6) is -2.30. The van der Waals surface area contributed by atoms with Crippen LogP contribution in [0.15, 0.2) is 83.8 Å². The lowest BCUT2D eigenvalue weighted by molar-refractivity contribution is -0.139. The van der Waals surface area contributed by atoms with Crippen LogP contribution in [0.1, 0.15) is 32.3 Å². The van der Waals surface area contributed by atoms with Crippen LogP contribution in [0.5, 0.6) is 0 Å². The van der Waals surface area contributed by atoms with Crippen LogP contribution in [0, 0.1) is 11.6 Å². The first-order chi connectivity index (χ1) is 18.1. The molecule has 0 aliphatic rings. The molecule has 0 radical (unpaired) electrons. The van der Waals surface area contributed by atoms with Crippen LogP contribution >= 0.6 is 0 Å². The van der Waals surface area contributed by atoms with Gasteiger partial charge in [-0.3, -0.25) is 13.9 Å². The number of benzene rings is 3. The molecule has 0 aliphatic carbocycles. The topological polar surface area (TPSA) is 86.8 Å². The summed E-state index contributed by atoms with van der Waals surface area (Å²) in [6.07, 6.45) is 1.61. The fourth-order valence-corrected chi connectivity index (χ4v) is 5.20. The summed E-state index contributed by atoms with van der Waals surface area (Å²) in [6, 6.07) is 17.1. The second-order valence-electron chi connectivity index (χ2n) is 8.73. The average molecular weight is 544 g/mol. The number of rotatable bonds is 12. The number of hydrogen-bond acceptors (Lipinski definition) is 4. The first kappa shape index (κ1) is 28.8. The lowest BCUT2D eigenvalue weighted by atomic mass is 10.1. The van der Waals surface area contributed by atoms with Crippen molar-refractivity contribution in [2.75, 3.05) is 17.4 Å². The number of unbranched alkanes of at least 4 members (excludes halogenated alkanes) is 1. The normalized spacial score (nSPS) is 12.0. The van der Waals surface area contributed by atoms with Crippen molar-refractivity contribution in [3.63, 3.8) is 0 Å². The molecule has 0 saturated heterocycles. The van der Waals surface area contributed by atoms with Gasteiger partial charge in [-0.05, 0) is 55.8 Å². The molecule has 3 aromatic carbocycles. The number of nitrogens with zero attached hydrogens (tertiary/aromatic N) is 2. The number of halogens is 2. The van der Waals surface area contributed by atoms with E-state index in [0.29, 0.717) is 6.54 Å². The average Bonchev–Trinajstić information content (AvgIpc) is 2.91. The molecule has 3 rings (SSSR count). The van der Waals surface area contributed by atoms with Crippen LogP contribution in [0.4, 0.5) is 14.5 Å². The van der Waals surface area contributed by atoms with Gasteiger partial charge in [0.1, 0.15) is 24.2 Å². The highest BCUT2D eigenvalue weighted by molar-refractivity contribution is 7.92. The number of amides is 2. The maximum absolute atomic E-state index is 14.5. The summed E-state index contributed by atoms with van der Waals surface area (Å²) < 4.78 is 56.1. The number of para-hydroxylation sites is 1. The smallest absolute Gasteiger partial charge is 0.264 e. The van der Waals surface area contributed by atoms with E-state index in [-0.39, 0.29) is 22.7 Å². The predicted octanol–water partition coefficient (Wildman–Crippen LogP) is 4.49. The van der Waals surface area contributed by atoms with Crippen LogP contribution in [-0.2, 0) is 26.2 Å². The van der Waals surface area contributed by atoms with Crippen LogP contribution in [0.2, 0.25) is 0 Å². The molecule has 2 amide bonds. The standard InChI is InChI=1S/C28H31F2N3O4S/c1-3-4-18-31-28(35)21(2)32(19-22-10-8-9-13-26(22)30)27(34)20-33(24-11-6-5-7-12-24)38(36,37)25-16-14-23(29)15-17-25/h5-17,21H,3-4,18-20H2,1-2H3,(H,31,35)/t21-/m0/s1. The minimum atomic E-state index is -4.30. The third-order valence-corrected chi connectivity index (χ3v) is 7.81. The van der Waals surface area contributed by atoms with Crippen LogP contribution < -0.4 is 9.62 Å². The molecule has 0 aliphatic heterocycles. The molecule has 0 fully saturated rings. The highest BCUT2D eigenvalue weighted by Crippen LogP contribution is 2.24. The van der Waals surface area contributed by atoms with Gasteiger partial charge < -0.3 is 10.2 Å². The van der Waals surface area contributed by atoms with Crippen molar-refractivity contribution in [3.05, 3.63) is 96.1 Å². The van der Waals surface area contributed by atoms with Crippen molar-refractivity contribution >= 4 is 27.5 Å². The van der Waals surface area contributed by atoms with Crippen molar-refractivity contribution in [1.29, 1.82) is 0 Å². The zero-order valence-corrected chi connectivity index (χ0v) is 22.1. The summed E-state index contributed by atoms with van der Waals surface area (Å²) >= 11 is 0. The summed E-state index contributed by atoms with van der Waals surface area (Å²) in [4.78, 5) is 27.5. The third-order valence-electron chi connectivity index (χ3n) is 6.02. The molecule has 0 bridgehead atoms. The van der Waals surface area contributed by atoms with E-state index in [4.69, 9.17) is 0 Å². The molecule has 7 nitrogen and oxygen atoms in total. The van der Waals surface area contributed by atoms with E-state index in [1.165, 1.54) is 37.3 Å².